The molecule has 0 bridgehead atoms. The monoisotopic (exact) mass is 464 g/mol. The molecule has 1 rings (SSSR count). The zero-order valence-corrected chi connectivity index (χ0v) is 15.5. The molecule has 4 heteroatoms. The molecular formula is C13H22I2O2. The van der Waals surface area contributed by atoms with Gasteiger partial charge in [0.1, 0.15) is 28.8 Å². The molecule has 0 amide bonds. The van der Waals surface area contributed by atoms with Crippen LogP contribution in [0.4, 0.5) is 0 Å². The van der Waals surface area contributed by atoms with Gasteiger partial charge in [0.25, 0.3) is 0 Å². The van der Waals surface area contributed by atoms with Crippen LogP contribution in [0.1, 0.15) is 33.3 Å². The molecule has 0 aromatic heterocycles. The molecule has 0 spiro atoms. The van der Waals surface area contributed by atoms with Crippen molar-refractivity contribution in [3.8, 4) is 5.75 Å². The van der Waals surface area contributed by atoms with Crippen molar-refractivity contribution in [2.75, 3.05) is 7.11 Å². The summed E-state index contributed by atoms with van der Waals surface area (Å²) in [5, 5.41) is 0. The predicted octanol–water partition coefficient (Wildman–Crippen LogP) is 6.09. The van der Waals surface area contributed by atoms with Gasteiger partial charge >= 0.3 is 0 Å². The van der Waals surface area contributed by atoms with E-state index in [1.54, 1.807) is 36.2 Å². The Morgan fingerprint density at radius 3 is 1.59 bits per heavy atom. The minimum Gasteiger partial charge on any atom is -0.428 e. The van der Waals surface area contributed by atoms with Gasteiger partial charge in [-0.05, 0) is 17.7 Å². The van der Waals surface area contributed by atoms with E-state index in [0.29, 0.717) is 0 Å². The highest BCUT2D eigenvalue weighted by Crippen LogP contribution is 2.14. The molecule has 1 aromatic carbocycles. The molecule has 0 fully saturated rings. The lowest BCUT2D eigenvalue weighted by molar-refractivity contribution is 0.556. The molecule has 0 aliphatic rings. The van der Waals surface area contributed by atoms with Crippen molar-refractivity contribution in [3.63, 3.8) is 0 Å². The van der Waals surface area contributed by atoms with Crippen molar-refractivity contribution >= 4 is 52.1 Å². The van der Waals surface area contributed by atoms with Gasteiger partial charge in [-0.25, -0.2) is 0 Å². The standard InChI is InChI=1S/C8H7IO.2C2H6.CH3IO/c1-2-7-3-5-8(10-9)6-4-7;2*1-2;1-3-2/h2-6H,1H2;2*1-2H3;1H3. The Morgan fingerprint density at radius 1 is 1.00 bits per heavy atom. The third-order valence-corrected chi connectivity index (χ3v) is 1.71. The van der Waals surface area contributed by atoms with E-state index >= 15 is 0 Å². The molecule has 1 aromatic rings. The molecule has 0 radical (unpaired) electrons. The highest BCUT2D eigenvalue weighted by atomic mass is 127. The normalized spacial score (nSPS) is 7.00. The lowest BCUT2D eigenvalue weighted by Gasteiger charge is -1.95. The molecule has 17 heavy (non-hydrogen) atoms. The molecule has 100 valence electrons. The van der Waals surface area contributed by atoms with E-state index in [1.807, 2.05) is 75.0 Å². The van der Waals surface area contributed by atoms with Gasteiger partial charge < -0.3 is 6.13 Å². The molecule has 0 aliphatic carbocycles. The van der Waals surface area contributed by atoms with Gasteiger partial charge in [0.2, 0.25) is 0 Å². The number of benzene rings is 1. The van der Waals surface area contributed by atoms with Crippen LogP contribution in [-0.4, -0.2) is 7.11 Å². The summed E-state index contributed by atoms with van der Waals surface area (Å²) >= 11 is 3.64. The summed E-state index contributed by atoms with van der Waals surface area (Å²) in [4.78, 5) is 0. The van der Waals surface area contributed by atoms with Crippen LogP contribution in [0.25, 0.3) is 6.08 Å². The van der Waals surface area contributed by atoms with E-state index in [9.17, 15) is 0 Å². The summed E-state index contributed by atoms with van der Waals surface area (Å²) < 4.78 is 9.17. The van der Waals surface area contributed by atoms with Crippen molar-refractivity contribution in [1.82, 2.24) is 0 Å². The third-order valence-electron chi connectivity index (χ3n) is 1.20. The van der Waals surface area contributed by atoms with E-state index in [2.05, 4.69) is 9.65 Å². The second kappa shape index (κ2) is 21.5. The first-order valence-corrected chi connectivity index (χ1v) is 7.20. The SMILES string of the molecule is C=Cc1ccc(OI)cc1.CC.CC.COI. The molecule has 0 saturated heterocycles. The quantitative estimate of drug-likeness (QED) is 0.494. The Kier molecular flexibility index (Phi) is 28.2. The highest BCUT2D eigenvalue weighted by Gasteiger charge is 1.88. The van der Waals surface area contributed by atoms with Gasteiger partial charge in [0.05, 0.1) is 0 Å². The summed E-state index contributed by atoms with van der Waals surface area (Å²) in [5.41, 5.74) is 1.11. The van der Waals surface area contributed by atoms with E-state index < -0.39 is 0 Å². The lowest BCUT2D eigenvalue weighted by atomic mass is 10.2. The average molecular weight is 464 g/mol. The fraction of sp³-hybridized carbons (Fsp3) is 0.385. The average Bonchev–Trinajstić information content (AvgIpc) is 2.44. The van der Waals surface area contributed by atoms with Gasteiger partial charge in [-0.3, -0.25) is 0 Å². The summed E-state index contributed by atoms with van der Waals surface area (Å²) in [5.74, 6) is 0.867. The minimum absolute atomic E-state index is 0.867. The number of hydrogen-bond donors (Lipinski definition) is 0. The highest BCUT2D eigenvalue weighted by molar-refractivity contribution is 14.1. The Bertz CT molecular complexity index is 236. The van der Waals surface area contributed by atoms with Crippen molar-refractivity contribution in [1.29, 1.82) is 0 Å². The van der Waals surface area contributed by atoms with Crippen molar-refractivity contribution < 1.29 is 6.13 Å². The zero-order valence-electron chi connectivity index (χ0n) is 11.2. The van der Waals surface area contributed by atoms with Crippen molar-refractivity contribution in [2.45, 2.75) is 27.7 Å². The van der Waals surface area contributed by atoms with E-state index in [1.165, 1.54) is 0 Å². The van der Waals surface area contributed by atoms with Gasteiger partial charge in [-0.1, -0.05) is 52.5 Å². The Hall–Kier alpha value is 0.180. The Labute approximate surface area is 134 Å². The van der Waals surface area contributed by atoms with Crippen LogP contribution in [0.15, 0.2) is 30.8 Å². The van der Waals surface area contributed by atoms with Crippen LogP contribution in [0, 0.1) is 0 Å². The predicted molar refractivity (Wildman–Crippen MR) is 94.9 cm³/mol. The van der Waals surface area contributed by atoms with E-state index in [-0.39, 0.29) is 0 Å². The van der Waals surface area contributed by atoms with Crippen molar-refractivity contribution in [2.24, 2.45) is 0 Å². The maximum Gasteiger partial charge on any atom is 0.192 e. The molecule has 2 nitrogen and oxygen atoms in total. The molecule has 0 N–H and O–H groups in total. The summed E-state index contributed by atoms with van der Waals surface area (Å²) in [6.07, 6.45) is 1.80. The number of halogens is 2. The first-order valence-electron chi connectivity index (χ1n) is 5.44. The zero-order chi connectivity index (χ0) is 14.1. The van der Waals surface area contributed by atoms with Crippen LogP contribution >= 0.6 is 46.0 Å². The Balaban J connectivity index is -0.000000239. The van der Waals surface area contributed by atoms with Gasteiger partial charge in [-0.2, -0.15) is 0 Å². The first kappa shape index (κ1) is 22.4. The van der Waals surface area contributed by atoms with Gasteiger partial charge in [0, 0.05) is 7.11 Å². The topological polar surface area (TPSA) is 18.5 Å². The molecule has 0 atom stereocenters. The second-order valence-corrected chi connectivity index (χ2v) is 3.33. The van der Waals surface area contributed by atoms with Crippen LogP contribution in [0.2, 0.25) is 0 Å². The van der Waals surface area contributed by atoms with E-state index in [0.717, 1.165) is 11.3 Å². The van der Waals surface area contributed by atoms with Gasteiger partial charge in [-0.15, -0.1) is 0 Å². The van der Waals surface area contributed by atoms with E-state index in [4.69, 9.17) is 3.07 Å². The fourth-order valence-corrected chi connectivity index (χ4v) is 0.949. The Morgan fingerprint density at radius 2 is 1.35 bits per heavy atom. The van der Waals surface area contributed by atoms with Crippen molar-refractivity contribution in [3.05, 3.63) is 36.4 Å². The molecule has 0 unspecified atom stereocenters. The second-order valence-electron chi connectivity index (χ2n) is 2.00. The molecular weight excluding hydrogens is 442 g/mol. The molecule has 0 saturated carbocycles. The first-order chi connectivity index (χ1) is 8.28. The largest absolute Gasteiger partial charge is 0.428 e. The molecule has 0 aliphatic heterocycles. The number of hydrogen-bond acceptors (Lipinski definition) is 2. The van der Waals surface area contributed by atoms with Crippen LogP contribution in [0.3, 0.4) is 0 Å². The maximum atomic E-state index is 4.95. The van der Waals surface area contributed by atoms with Crippen LogP contribution < -0.4 is 3.07 Å². The maximum absolute atomic E-state index is 4.95. The smallest absolute Gasteiger partial charge is 0.192 e. The van der Waals surface area contributed by atoms with Crippen LogP contribution in [-0.2, 0) is 3.07 Å². The lowest BCUT2D eigenvalue weighted by Crippen LogP contribution is -1.73. The molecule has 0 heterocycles. The van der Waals surface area contributed by atoms with Crippen LogP contribution in [0.5, 0.6) is 5.75 Å². The number of rotatable bonds is 2. The summed E-state index contributed by atoms with van der Waals surface area (Å²) in [6.45, 7) is 11.6. The minimum atomic E-state index is 0.867. The summed E-state index contributed by atoms with van der Waals surface area (Å²) in [6, 6.07) is 7.73. The fourth-order valence-electron chi connectivity index (χ4n) is 0.655. The third kappa shape index (κ3) is 16.2. The summed E-state index contributed by atoms with van der Waals surface area (Å²) in [7, 11) is 1.61. The van der Waals surface area contributed by atoms with Gasteiger partial charge in [0.15, 0.2) is 23.0 Å².